The second kappa shape index (κ2) is 1.21. The van der Waals surface area contributed by atoms with E-state index in [0.717, 1.165) is 5.92 Å². The van der Waals surface area contributed by atoms with Crippen LogP contribution in [-0.2, 0) is 0 Å². The fourth-order valence-corrected chi connectivity index (χ4v) is 3.43. The third-order valence-corrected chi connectivity index (χ3v) is 3.89. The molecule has 0 aromatic rings. The molecule has 3 fully saturated rings. The molecule has 0 heteroatoms. The van der Waals surface area contributed by atoms with Crippen LogP contribution in [0.3, 0.4) is 0 Å². The summed E-state index contributed by atoms with van der Waals surface area (Å²) in [6, 6.07) is 0. The summed E-state index contributed by atoms with van der Waals surface area (Å²) in [5.41, 5.74) is 0. The van der Waals surface area contributed by atoms with Gasteiger partial charge in [0.2, 0.25) is 0 Å². The molecule has 0 aliphatic heterocycles. The zero-order valence-electron chi connectivity index (χ0n) is 6.01. The summed E-state index contributed by atoms with van der Waals surface area (Å²) < 4.78 is 0. The summed E-state index contributed by atoms with van der Waals surface area (Å²) in [4.78, 5) is 0. The molecule has 0 spiro atoms. The van der Waals surface area contributed by atoms with Gasteiger partial charge in [0.1, 0.15) is 0 Å². The standard InChI is InChI=1S/C9H14/c1-5-2-6-7(3-5)9-4-8(6)9/h5-9H,2-4H2,1H3. The third-order valence-electron chi connectivity index (χ3n) is 3.89. The van der Waals surface area contributed by atoms with Crippen LogP contribution in [0, 0.1) is 29.6 Å². The lowest BCUT2D eigenvalue weighted by atomic mass is 9.77. The fourth-order valence-electron chi connectivity index (χ4n) is 3.43. The van der Waals surface area contributed by atoms with Gasteiger partial charge in [-0.3, -0.25) is 0 Å². The summed E-state index contributed by atoms with van der Waals surface area (Å²) in [5, 5.41) is 0. The first-order valence-corrected chi connectivity index (χ1v) is 4.36. The van der Waals surface area contributed by atoms with E-state index in [1.165, 1.54) is 23.7 Å². The maximum absolute atomic E-state index is 2.43. The summed E-state index contributed by atoms with van der Waals surface area (Å²) in [7, 11) is 0. The van der Waals surface area contributed by atoms with Crippen LogP contribution >= 0.6 is 0 Å². The second-order valence-electron chi connectivity index (χ2n) is 4.47. The number of fused-ring (bicyclic) bond motifs is 4. The van der Waals surface area contributed by atoms with Gasteiger partial charge in [0, 0.05) is 0 Å². The Hall–Kier alpha value is 0. The second-order valence-corrected chi connectivity index (χ2v) is 4.47. The van der Waals surface area contributed by atoms with E-state index in [4.69, 9.17) is 0 Å². The molecule has 0 heterocycles. The first-order chi connectivity index (χ1) is 4.36. The van der Waals surface area contributed by atoms with Gasteiger partial charge in [-0.25, -0.2) is 0 Å². The Morgan fingerprint density at radius 2 is 1.22 bits per heavy atom. The minimum atomic E-state index is 1.08. The van der Waals surface area contributed by atoms with E-state index in [1.807, 2.05) is 0 Å². The first-order valence-electron chi connectivity index (χ1n) is 4.36. The highest BCUT2D eigenvalue weighted by Gasteiger charge is 2.63. The highest BCUT2D eigenvalue weighted by atomic mass is 14.7. The van der Waals surface area contributed by atoms with Crippen LogP contribution in [0.2, 0.25) is 0 Å². The van der Waals surface area contributed by atoms with E-state index < -0.39 is 0 Å². The number of rotatable bonds is 0. The van der Waals surface area contributed by atoms with Gasteiger partial charge < -0.3 is 0 Å². The van der Waals surface area contributed by atoms with Crippen LogP contribution in [0.5, 0.6) is 0 Å². The Balaban J connectivity index is 1.84. The lowest BCUT2D eigenvalue weighted by Gasteiger charge is -2.28. The minimum absolute atomic E-state index is 1.08. The van der Waals surface area contributed by atoms with E-state index >= 15 is 0 Å². The molecule has 4 atom stereocenters. The van der Waals surface area contributed by atoms with Crippen molar-refractivity contribution in [3.05, 3.63) is 0 Å². The molecule has 0 saturated heterocycles. The average Bonchev–Trinajstić information content (AvgIpc) is 2.47. The molecular formula is C9H14. The predicted molar refractivity (Wildman–Crippen MR) is 37.0 cm³/mol. The molecule has 0 bridgehead atoms. The van der Waals surface area contributed by atoms with Crippen LogP contribution in [0.1, 0.15) is 26.2 Å². The summed E-state index contributed by atoms with van der Waals surface area (Å²) >= 11 is 0. The maximum atomic E-state index is 2.43. The Kier molecular flexibility index (Phi) is 0.640. The van der Waals surface area contributed by atoms with Crippen molar-refractivity contribution >= 4 is 0 Å². The van der Waals surface area contributed by atoms with Gasteiger partial charge >= 0.3 is 0 Å². The summed E-state index contributed by atoms with van der Waals surface area (Å²) in [6.45, 7) is 2.43. The molecule has 9 heavy (non-hydrogen) atoms. The van der Waals surface area contributed by atoms with Crippen molar-refractivity contribution in [1.82, 2.24) is 0 Å². The highest BCUT2D eigenvalue weighted by Crippen LogP contribution is 2.70. The normalized spacial score (nSPS) is 68.3. The molecule has 50 valence electrons. The van der Waals surface area contributed by atoms with Crippen molar-refractivity contribution in [2.24, 2.45) is 29.6 Å². The van der Waals surface area contributed by atoms with Gasteiger partial charge in [-0.2, -0.15) is 0 Å². The van der Waals surface area contributed by atoms with Crippen molar-refractivity contribution in [2.45, 2.75) is 26.2 Å². The molecule has 0 radical (unpaired) electrons. The van der Waals surface area contributed by atoms with Crippen molar-refractivity contribution < 1.29 is 0 Å². The van der Waals surface area contributed by atoms with Gasteiger partial charge in [-0.15, -0.1) is 0 Å². The molecule has 0 amide bonds. The van der Waals surface area contributed by atoms with E-state index in [9.17, 15) is 0 Å². The molecule has 0 aromatic carbocycles. The molecule has 0 nitrogen and oxygen atoms in total. The van der Waals surface area contributed by atoms with E-state index in [-0.39, 0.29) is 0 Å². The van der Waals surface area contributed by atoms with Crippen LogP contribution in [-0.4, -0.2) is 0 Å². The summed E-state index contributed by atoms with van der Waals surface area (Å²) in [6.07, 6.45) is 4.76. The topological polar surface area (TPSA) is 0 Å². The van der Waals surface area contributed by atoms with E-state index in [0.29, 0.717) is 0 Å². The lowest BCUT2D eigenvalue weighted by Crippen LogP contribution is -2.23. The van der Waals surface area contributed by atoms with Crippen LogP contribution in [0.15, 0.2) is 0 Å². The molecule has 4 unspecified atom stereocenters. The van der Waals surface area contributed by atoms with Crippen molar-refractivity contribution in [3.63, 3.8) is 0 Å². The Labute approximate surface area is 56.6 Å². The first kappa shape index (κ1) is 4.76. The quantitative estimate of drug-likeness (QED) is 0.462. The van der Waals surface area contributed by atoms with Gasteiger partial charge in [0.25, 0.3) is 0 Å². The predicted octanol–water partition coefficient (Wildman–Crippen LogP) is 2.30. The van der Waals surface area contributed by atoms with E-state index in [1.54, 1.807) is 19.3 Å². The summed E-state index contributed by atoms with van der Waals surface area (Å²) in [5.74, 6) is 5.97. The van der Waals surface area contributed by atoms with Crippen LogP contribution in [0.25, 0.3) is 0 Å². The van der Waals surface area contributed by atoms with Gasteiger partial charge in [-0.1, -0.05) is 6.92 Å². The Morgan fingerprint density at radius 3 is 1.78 bits per heavy atom. The number of hydrogen-bond donors (Lipinski definition) is 0. The lowest BCUT2D eigenvalue weighted by molar-refractivity contribution is 0.195. The van der Waals surface area contributed by atoms with Crippen molar-refractivity contribution in [1.29, 1.82) is 0 Å². The highest BCUT2D eigenvalue weighted by molar-refractivity contribution is 5.11. The Morgan fingerprint density at radius 1 is 0.778 bits per heavy atom. The maximum Gasteiger partial charge on any atom is -0.0349 e. The van der Waals surface area contributed by atoms with Gasteiger partial charge in [-0.05, 0) is 48.9 Å². The zero-order valence-corrected chi connectivity index (χ0v) is 6.01. The average molecular weight is 122 g/mol. The van der Waals surface area contributed by atoms with Crippen molar-refractivity contribution in [3.8, 4) is 0 Å². The fraction of sp³-hybridized carbons (Fsp3) is 1.00. The zero-order chi connectivity index (χ0) is 6.01. The molecule has 3 rings (SSSR count). The molecule has 0 N–H and O–H groups in total. The minimum Gasteiger partial charge on any atom is -0.0625 e. The molecule has 0 aromatic heterocycles. The molecule has 3 aliphatic rings. The monoisotopic (exact) mass is 122 g/mol. The van der Waals surface area contributed by atoms with E-state index in [2.05, 4.69) is 6.92 Å². The third kappa shape index (κ3) is 0.426. The van der Waals surface area contributed by atoms with Crippen LogP contribution in [0.4, 0.5) is 0 Å². The SMILES string of the molecule is CC1CC2C(C1)C1CC21. The smallest absolute Gasteiger partial charge is 0.0349 e. The van der Waals surface area contributed by atoms with Gasteiger partial charge in [0.05, 0.1) is 0 Å². The number of hydrogen-bond acceptors (Lipinski definition) is 0. The molecular weight excluding hydrogens is 108 g/mol. The van der Waals surface area contributed by atoms with Crippen LogP contribution < -0.4 is 0 Å². The Bertz CT molecular complexity index is 134. The van der Waals surface area contributed by atoms with Crippen molar-refractivity contribution in [2.75, 3.05) is 0 Å². The molecule has 3 saturated carbocycles. The molecule has 3 aliphatic carbocycles. The van der Waals surface area contributed by atoms with Gasteiger partial charge in [0.15, 0.2) is 0 Å². The largest absolute Gasteiger partial charge is 0.0625 e.